The molecule has 0 radical (unpaired) electrons. The Morgan fingerprint density at radius 1 is 1.64 bits per heavy atom. The minimum Gasteiger partial charge on any atom is -0.480 e. The second kappa shape index (κ2) is 4.32. The number of aliphatic carboxylic acids is 1. The van der Waals surface area contributed by atoms with E-state index in [1.165, 1.54) is 0 Å². The van der Waals surface area contributed by atoms with Crippen molar-refractivity contribution in [2.75, 3.05) is 24.2 Å². The quantitative estimate of drug-likeness (QED) is 0.808. The van der Waals surface area contributed by atoms with Gasteiger partial charge in [-0.2, -0.15) is 0 Å². The molecule has 0 bridgehead atoms. The number of rotatable bonds is 3. The number of carbonyl (C=O) groups is 1. The molecule has 1 aromatic rings. The van der Waals surface area contributed by atoms with Crippen molar-refractivity contribution in [2.24, 2.45) is 0 Å². The second-order valence-corrected chi connectivity index (χ2v) is 3.87. The van der Waals surface area contributed by atoms with E-state index in [0.717, 1.165) is 10.2 Å². The highest BCUT2D eigenvalue weighted by Gasteiger charge is 2.08. The lowest BCUT2D eigenvalue weighted by molar-refractivity contribution is -0.135. The van der Waals surface area contributed by atoms with Crippen LogP contribution in [0.1, 0.15) is 0 Å². The van der Waals surface area contributed by atoms with Crippen LogP contribution in [0.2, 0.25) is 0 Å². The molecule has 0 atom stereocenters. The zero-order chi connectivity index (χ0) is 10.7. The number of nitrogens with two attached hydrogens (primary N) is 1. The molecule has 0 heterocycles. The van der Waals surface area contributed by atoms with Gasteiger partial charge in [-0.05, 0) is 18.2 Å². The van der Waals surface area contributed by atoms with E-state index < -0.39 is 5.97 Å². The Morgan fingerprint density at radius 2 is 2.29 bits per heavy atom. The van der Waals surface area contributed by atoms with Crippen molar-refractivity contribution in [3.63, 3.8) is 0 Å². The van der Waals surface area contributed by atoms with Crippen LogP contribution >= 0.6 is 15.9 Å². The van der Waals surface area contributed by atoms with Gasteiger partial charge in [0, 0.05) is 11.5 Å². The van der Waals surface area contributed by atoms with Crippen LogP contribution in [0.25, 0.3) is 0 Å². The molecule has 1 aromatic carbocycles. The first-order chi connectivity index (χ1) is 6.50. The van der Waals surface area contributed by atoms with Crippen LogP contribution < -0.4 is 10.6 Å². The Labute approximate surface area is 90.4 Å². The third kappa shape index (κ3) is 2.63. The largest absolute Gasteiger partial charge is 0.480 e. The number of anilines is 2. The average molecular weight is 259 g/mol. The molecule has 0 aliphatic carbocycles. The molecule has 0 spiro atoms. The Hall–Kier alpha value is -1.23. The molecular weight excluding hydrogens is 248 g/mol. The van der Waals surface area contributed by atoms with Crippen LogP contribution in [0.15, 0.2) is 22.7 Å². The summed E-state index contributed by atoms with van der Waals surface area (Å²) in [6, 6.07) is 5.35. The van der Waals surface area contributed by atoms with Crippen LogP contribution in [-0.4, -0.2) is 24.7 Å². The van der Waals surface area contributed by atoms with Gasteiger partial charge in [-0.15, -0.1) is 0 Å². The van der Waals surface area contributed by atoms with Crippen LogP contribution in [0, 0.1) is 0 Å². The highest BCUT2D eigenvalue weighted by Crippen LogP contribution is 2.25. The van der Waals surface area contributed by atoms with Gasteiger partial charge in [0.15, 0.2) is 0 Å². The van der Waals surface area contributed by atoms with Gasteiger partial charge in [-0.1, -0.05) is 15.9 Å². The maximum atomic E-state index is 10.5. The van der Waals surface area contributed by atoms with Gasteiger partial charge in [0.25, 0.3) is 0 Å². The minimum absolute atomic E-state index is 0.0637. The minimum atomic E-state index is -0.880. The second-order valence-electron chi connectivity index (χ2n) is 2.95. The monoisotopic (exact) mass is 258 g/mol. The lowest BCUT2D eigenvalue weighted by Crippen LogP contribution is -2.25. The van der Waals surface area contributed by atoms with Crippen LogP contribution in [0.3, 0.4) is 0 Å². The lowest BCUT2D eigenvalue weighted by atomic mass is 10.2. The van der Waals surface area contributed by atoms with E-state index in [-0.39, 0.29) is 6.54 Å². The molecule has 76 valence electrons. The third-order valence-electron chi connectivity index (χ3n) is 1.77. The molecule has 14 heavy (non-hydrogen) atoms. The molecule has 0 unspecified atom stereocenters. The van der Waals surface area contributed by atoms with Gasteiger partial charge in [0.1, 0.15) is 6.54 Å². The van der Waals surface area contributed by atoms with E-state index in [4.69, 9.17) is 10.8 Å². The number of nitrogens with zero attached hydrogens (tertiary/aromatic N) is 1. The number of halogens is 1. The van der Waals surface area contributed by atoms with Crippen molar-refractivity contribution in [3.05, 3.63) is 22.7 Å². The zero-order valence-electron chi connectivity index (χ0n) is 7.70. The molecule has 0 aliphatic rings. The molecule has 0 aromatic heterocycles. The molecule has 0 saturated heterocycles. The smallest absolute Gasteiger partial charge is 0.323 e. The van der Waals surface area contributed by atoms with Gasteiger partial charge in [0.2, 0.25) is 0 Å². The first kappa shape index (κ1) is 10.8. The van der Waals surface area contributed by atoms with Crippen LogP contribution in [0.4, 0.5) is 11.4 Å². The Kier molecular flexibility index (Phi) is 3.35. The molecule has 3 N–H and O–H groups in total. The molecule has 0 saturated carbocycles. The molecule has 0 amide bonds. The molecule has 4 nitrogen and oxygen atoms in total. The highest BCUT2D eigenvalue weighted by molar-refractivity contribution is 9.10. The Balaban J connectivity index is 2.90. The maximum Gasteiger partial charge on any atom is 0.323 e. The molecule has 0 fully saturated rings. The van der Waals surface area contributed by atoms with Gasteiger partial charge >= 0.3 is 5.97 Å². The summed E-state index contributed by atoms with van der Waals surface area (Å²) in [6.07, 6.45) is 0. The predicted molar refractivity (Wildman–Crippen MR) is 59.5 cm³/mol. The van der Waals surface area contributed by atoms with Gasteiger partial charge in [-0.25, -0.2) is 0 Å². The van der Waals surface area contributed by atoms with Crippen molar-refractivity contribution in [3.8, 4) is 0 Å². The van der Waals surface area contributed by atoms with E-state index in [2.05, 4.69) is 15.9 Å². The van der Waals surface area contributed by atoms with E-state index >= 15 is 0 Å². The number of hydrogen-bond acceptors (Lipinski definition) is 3. The lowest BCUT2D eigenvalue weighted by Gasteiger charge is -2.18. The topological polar surface area (TPSA) is 66.6 Å². The summed E-state index contributed by atoms with van der Waals surface area (Å²) in [7, 11) is 1.69. The summed E-state index contributed by atoms with van der Waals surface area (Å²) in [4.78, 5) is 12.1. The van der Waals surface area contributed by atoms with Crippen LogP contribution in [-0.2, 0) is 4.79 Å². The Morgan fingerprint density at radius 3 is 2.79 bits per heavy atom. The number of benzene rings is 1. The van der Waals surface area contributed by atoms with Gasteiger partial charge in [0.05, 0.1) is 11.4 Å². The van der Waals surface area contributed by atoms with Crippen molar-refractivity contribution >= 4 is 33.3 Å². The van der Waals surface area contributed by atoms with Gasteiger partial charge < -0.3 is 15.7 Å². The molecule has 5 heteroatoms. The first-order valence-electron chi connectivity index (χ1n) is 3.98. The maximum absolute atomic E-state index is 10.5. The summed E-state index contributed by atoms with van der Waals surface area (Å²) in [5, 5.41) is 8.60. The predicted octanol–water partition coefficient (Wildman–Crippen LogP) is 1.55. The summed E-state index contributed by atoms with van der Waals surface area (Å²) in [6.45, 7) is -0.0637. The summed E-state index contributed by atoms with van der Waals surface area (Å²) in [5.41, 5.74) is 7.01. The molecule has 0 aliphatic heterocycles. The fourth-order valence-electron chi connectivity index (χ4n) is 1.16. The van der Waals surface area contributed by atoms with Crippen molar-refractivity contribution < 1.29 is 9.90 Å². The van der Waals surface area contributed by atoms with E-state index in [0.29, 0.717) is 5.69 Å². The van der Waals surface area contributed by atoms with Crippen molar-refractivity contribution in [1.82, 2.24) is 0 Å². The zero-order valence-corrected chi connectivity index (χ0v) is 9.28. The fraction of sp³-hybridized carbons (Fsp3) is 0.222. The van der Waals surface area contributed by atoms with Crippen molar-refractivity contribution in [1.29, 1.82) is 0 Å². The molecule has 1 rings (SSSR count). The summed E-state index contributed by atoms with van der Waals surface area (Å²) < 4.78 is 0.877. The normalized spacial score (nSPS) is 9.86. The molecular formula is C9H11BrN2O2. The number of nitrogen functional groups attached to an aromatic ring is 1. The first-order valence-corrected chi connectivity index (χ1v) is 4.78. The van der Waals surface area contributed by atoms with E-state index in [9.17, 15) is 4.79 Å². The standard InChI is InChI=1S/C9H11BrN2O2/c1-12(5-9(13)14)8-3-2-6(10)4-7(8)11/h2-4H,5,11H2,1H3,(H,13,14). The fourth-order valence-corrected chi connectivity index (χ4v) is 1.54. The Bertz CT molecular complexity index is 355. The number of likely N-dealkylation sites (N-methyl/N-ethyl adjacent to an activating group) is 1. The summed E-state index contributed by atoms with van der Waals surface area (Å²) >= 11 is 3.28. The third-order valence-corrected chi connectivity index (χ3v) is 2.27. The number of carboxylic acid groups (broad SMARTS) is 1. The van der Waals surface area contributed by atoms with Crippen LogP contribution in [0.5, 0.6) is 0 Å². The SMILES string of the molecule is CN(CC(=O)O)c1ccc(Br)cc1N. The van der Waals surface area contributed by atoms with E-state index in [1.54, 1.807) is 24.1 Å². The summed E-state index contributed by atoms with van der Waals surface area (Å²) in [5.74, 6) is -0.880. The number of hydrogen-bond donors (Lipinski definition) is 2. The highest BCUT2D eigenvalue weighted by atomic mass is 79.9. The van der Waals surface area contributed by atoms with E-state index in [1.807, 2.05) is 6.07 Å². The number of carboxylic acids is 1. The average Bonchev–Trinajstić information content (AvgIpc) is 2.01. The van der Waals surface area contributed by atoms with Crippen molar-refractivity contribution in [2.45, 2.75) is 0 Å². The van der Waals surface area contributed by atoms with Gasteiger partial charge in [-0.3, -0.25) is 4.79 Å².